The summed E-state index contributed by atoms with van der Waals surface area (Å²) in [6.07, 6.45) is 2.13. The topological polar surface area (TPSA) is 50.4 Å². The fraction of sp³-hybridized carbons (Fsp3) is 0.316. The molecule has 0 bridgehead atoms. The molecule has 4 nitrogen and oxygen atoms in total. The van der Waals surface area contributed by atoms with Crippen LogP contribution in [0.3, 0.4) is 0 Å². The summed E-state index contributed by atoms with van der Waals surface area (Å²) in [5.41, 5.74) is 2.57. The molecule has 1 aliphatic carbocycles. The maximum atomic E-state index is 13.5. The molecule has 0 radical (unpaired) electrons. The maximum absolute atomic E-state index is 13.5. The number of amides is 1. The van der Waals surface area contributed by atoms with Crippen LogP contribution in [0.5, 0.6) is 5.75 Å². The number of halogens is 1. The lowest BCUT2D eigenvalue weighted by atomic mass is 10.1. The van der Waals surface area contributed by atoms with E-state index >= 15 is 0 Å². The van der Waals surface area contributed by atoms with Crippen LogP contribution >= 0.6 is 0 Å². The number of hydrogen-bond donors (Lipinski definition) is 2. The summed E-state index contributed by atoms with van der Waals surface area (Å²) in [6, 6.07) is 12.3. The molecular weight excluding hydrogens is 307 g/mol. The molecule has 3 rings (SSSR count). The average molecular weight is 328 g/mol. The van der Waals surface area contributed by atoms with Crippen molar-refractivity contribution in [1.29, 1.82) is 0 Å². The van der Waals surface area contributed by atoms with Gasteiger partial charge < -0.3 is 15.4 Å². The highest BCUT2D eigenvalue weighted by Gasteiger charge is 2.23. The fourth-order valence-electron chi connectivity index (χ4n) is 2.36. The molecule has 2 aromatic carbocycles. The monoisotopic (exact) mass is 328 g/mol. The predicted octanol–water partition coefficient (Wildman–Crippen LogP) is 3.52. The summed E-state index contributed by atoms with van der Waals surface area (Å²) < 4.78 is 18.9. The van der Waals surface area contributed by atoms with Crippen LogP contribution in [0.15, 0.2) is 42.5 Å². The molecule has 24 heavy (non-hydrogen) atoms. The van der Waals surface area contributed by atoms with Crippen molar-refractivity contribution in [2.24, 2.45) is 0 Å². The number of anilines is 1. The Labute approximate surface area is 141 Å². The lowest BCUT2D eigenvalue weighted by molar-refractivity contribution is 0.0951. The SMILES string of the molecule is Cc1ccc(C(=O)NC2CC2)cc1NCCOc1ccccc1F. The number of carbonyl (C=O) groups excluding carboxylic acids is 1. The van der Waals surface area contributed by atoms with Crippen LogP contribution in [0.25, 0.3) is 0 Å². The Balaban J connectivity index is 1.54. The Morgan fingerprint density at radius 1 is 1.25 bits per heavy atom. The third kappa shape index (κ3) is 4.25. The molecule has 0 spiro atoms. The molecule has 5 heteroatoms. The molecule has 1 fully saturated rings. The van der Waals surface area contributed by atoms with Crippen molar-refractivity contribution in [3.63, 3.8) is 0 Å². The zero-order valence-corrected chi connectivity index (χ0v) is 13.6. The molecule has 0 aromatic heterocycles. The number of rotatable bonds is 7. The van der Waals surface area contributed by atoms with Gasteiger partial charge in [0.25, 0.3) is 5.91 Å². The Morgan fingerprint density at radius 2 is 2.04 bits per heavy atom. The van der Waals surface area contributed by atoms with Gasteiger partial charge in [0.05, 0.1) is 0 Å². The molecule has 0 heterocycles. The molecule has 126 valence electrons. The van der Waals surface area contributed by atoms with E-state index in [1.165, 1.54) is 6.07 Å². The van der Waals surface area contributed by atoms with Gasteiger partial charge in [-0.25, -0.2) is 4.39 Å². The Hall–Kier alpha value is -2.56. The molecule has 1 amide bonds. The molecular formula is C19H21FN2O2. The number of carbonyl (C=O) groups is 1. The van der Waals surface area contributed by atoms with Crippen LogP contribution < -0.4 is 15.4 Å². The van der Waals surface area contributed by atoms with Gasteiger partial charge in [-0.05, 0) is 49.6 Å². The standard InChI is InChI=1S/C19H21FN2O2/c1-13-6-7-14(19(23)22-15-8-9-15)12-17(13)21-10-11-24-18-5-3-2-4-16(18)20/h2-7,12,15,21H,8-11H2,1H3,(H,22,23). The molecule has 0 unspecified atom stereocenters. The normalized spacial score (nSPS) is 13.4. The lowest BCUT2D eigenvalue weighted by Gasteiger charge is -2.13. The second-order valence-corrected chi connectivity index (χ2v) is 5.98. The van der Waals surface area contributed by atoms with Gasteiger partial charge >= 0.3 is 0 Å². The van der Waals surface area contributed by atoms with Crippen molar-refractivity contribution >= 4 is 11.6 Å². The zero-order valence-electron chi connectivity index (χ0n) is 13.6. The quantitative estimate of drug-likeness (QED) is 0.765. The zero-order chi connectivity index (χ0) is 16.9. The highest BCUT2D eigenvalue weighted by molar-refractivity contribution is 5.95. The van der Waals surface area contributed by atoms with Gasteiger partial charge in [-0.15, -0.1) is 0 Å². The second kappa shape index (κ2) is 7.34. The number of ether oxygens (including phenoxy) is 1. The summed E-state index contributed by atoms with van der Waals surface area (Å²) in [4.78, 5) is 12.1. The van der Waals surface area contributed by atoms with Gasteiger partial charge in [-0.1, -0.05) is 18.2 Å². The van der Waals surface area contributed by atoms with Crippen LogP contribution in [0.1, 0.15) is 28.8 Å². The molecule has 0 aliphatic heterocycles. The fourth-order valence-corrected chi connectivity index (χ4v) is 2.36. The summed E-state index contributed by atoms with van der Waals surface area (Å²) in [6.45, 7) is 2.82. The molecule has 2 aromatic rings. The van der Waals surface area contributed by atoms with E-state index in [1.54, 1.807) is 18.2 Å². The van der Waals surface area contributed by atoms with Crippen LogP contribution in [-0.4, -0.2) is 25.1 Å². The summed E-state index contributed by atoms with van der Waals surface area (Å²) in [5.74, 6) is -0.163. The first-order chi connectivity index (χ1) is 11.6. The molecule has 2 N–H and O–H groups in total. The summed E-state index contributed by atoms with van der Waals surface area (Å²) >= 11 is 0. The highest BCUT2D eigenvalue weighted by atomic mass is 19.1. The van der Waals surface area contributed by atoms with Crippen LogP contribution in [0.4, 0.5) is 10.1 Å². The Morgan fingerprint density at radius 3 is 2.79 bits per heavy atom. The minimum absolute atomic E-state index is 0.0387. The maximum Gasteiger partial charge on any atom is 0.251 e. The molecule has 1 aliphatic rings. The van der Waals surface area contributed by atoms with Crippen molar-refractivity contribution in [3.05, 3.63) is 59.4 Å². The van der Waals surface area contributed by atoms with E-state index in [4.69, 9.17) is 4.74 Å². The Kier molecular flexibility index (Phi) is 4.99. The molecule has 1 saturated carbocycles. The van der Waals surface area contributed by atoms with E-state index in [9.17, 15) is 9.18 Å². The first kappa shape index (κ1) is 16.3. The number of para-hydroxylation sites is 1. The summed E-state index contributed by atoms with van der Waals surface area (Å²) in [5, 5.41) is 6.22. The smallest absolute Gasteiger partial charge is 0.251 e. The number of hydrogen-bond acceptors (Lipinski definition) is 3. The summed E-state index contributed by atoms with van der Waals surface area (Å²) in [7, 11) is 0. The van der Waals surface area contributed by atoms with Gasteiger partial charge in [0.1, 0.15) is 6.61 Å². The van der Waals surface area contributed by atoms with Crippen molar-refractivity contribution in [1.82, 2.24) is 5.32 Å². The van der Waals surface area contributed by atoms with Crippen LogP contribution in [0.2, 0.25) is 0 Å². The molecule has 0 saturated heterocycles. The van der Waals surface area contributed by atoms with E-state index in [0.717, 1.165) is 24.1 Å². The number of aryl methyl sites for hydroxylation is 1. The number of benzene rings is 2. The first-order valence-electron chi connectivity index (χ1n) is 8.16. The van der Waals surface area contributed by atoms with Crippen molar-refractivity contribution in [2.45, 2.75) is 25.8 Å². The second-order valence-electron chi connectivity index (χ2n) is 5.98. The van der Waals surface area contributed by atoms with E-state index in [-0.39, 0.29) is 17.5 Å². The van der Waals surface area contributed by atoms with E-state index in [1.807, 2.05) is 25.1 Å². The third-order valence-corrected chi connectivity index (χ3v) is 3.92. The number of nitrogens with one attached hydrogen (secondary N) is 2. The largest absolute Gasteiger partial charge is 0.489 e. The highest BCUT2D eigenvalue weighted by Crippen LogP contribution is 2.21. The third-order valence-electron chi connectivity index (χ3n) is 3.92. The minimum Gasteiger partial charge on any atom is -0.489 e. The van der Waals surface area contributed by atoms with Crippen molar-refractivity contribution < 1.29 is 13.9 Å². The van der Waals surface area contributed by atoms with Gasteiger partial charge in [-0.3, -0.25) is 4.79 Å². The van der Waals surface area contributed by atoms with Gasteiger partial charge in [0.15, 0.2) is 11.6 Å². The van der Waals surface area contributed by atoms with E-state index < -0.39 is 0 Å². The van der Waals surface area contributed by atoms with Gasteiger partial charge in [0, 0.05) is 23.8 Å². The first-order valence-corrected chi connectivity index (χ1v) is 8.16. The Bertz CT molecular complexity index is 729. The van der Waals surface area contributed by atoms with Gasteiger partial charge in [-0.2, -0.15) is 0 Å². The van der Waals surface area contributed by atoms with Crippen LogP contribution in [-0.2, 0) is 0 Å². The average Bonchev–Trinajstić information content (AvgIpc) is 3.38. The molecule has 0 atom stereocenters. The van der Waals surface area contributed by atoms with Crippen molar-refractivity contribution in [2.75, 3.05) is 18.5 Å². The lowest BCUT2D eigenvalue weighted by Crippen LogP contribution is -2.25. The van der Waals surface area contributed by atoms with E-state index in [2.05, 4.69) is 10.6 Å². The van der Waals surface area contributed by atoms with Crippen LogP contribution in [0, 0.1) is 12.7 Å². The van der Waals surface area contributed by atoms with E-state index in [0.29, 0.717) is 24.8 Å². The minimum atomic E-state index is -0.368. The predicted molar refractivity (Wildman–Crippen MR) is 92.1 cm³/mol. The van der Waals surface area contributed by atoms with Crippen molar-refractivity contribution in [3.8, 4) is 5.75 Å². The van der Waals surface area contributed by atoms with Gasteiger partial charge in [0.2, 0.25) is 0 Å².